The first-order valence-corrected chi connectivity index (χ1v) is 4.87. The first-order chi connectivity index (χ1) is 6.11. The number of nitrogens with one attached hydrogen (secondary N) is 2. The van der Waals surface area contributed by atoms with Crippen LogP contribution in [0.2, 0.25) is 0 Å². The van der Waals surface area contributed by atoms with Gasteiger partial charge in [-0.2, -0.15) is 5.10 Å². The highest BCUT2D eigenvalue weighted by molar-refractivity contribution is 9.10. The van der Waals surface area contributed by atoms with Gasteiger partial charge in [0, 0.05) is 6.54 Å². The molecule has 13 heavy (non-hydrogen) atoms. The molecule has 0 aliphatic rings. The summed E-state index contributed by atoms with van der Waals surface area (Å²) in [6.07, 6.45) is 1.59. The van der Waals surface area contributed by atoms with Crippen LogP contribution in [0.5, 0.6) is 0 Å². The van der Waals surface area contributed by atoms with Crippen molar-refractivity contribution in [3.05, 3.63) is 21.0 Å². The molecular formula is C8H12BrN3O. The molecule has 0 atom stereocenters. The fourth-order valence-corrected chi connectivity index (χ4v) is 1.15. The highest BCUT2D eigenvalue weighted by atomic mass is 79.9. The van der Waals surface area contributed by atoms with Crippen LogP contribution in [0.3, 0.4) is 0 Å². The first-order valence-electron chi connectivity index (χ1n) is 4.08. The maximum atomic E-state index is 11.1. The molecule has 5 heteroatoms. The molecule has 1 aromatic heterocycles. The van der Waals surface area contributed by atoms with Crippen LogP contribution in [-0.4, -0.2) is 16.7 Å². The summed E-state index contributed by atoms with van der Waals surface area (Å²) in [5, 5.41) is 9.15. The van der Waals surface area contributed by atoms with Crippen LogP contribution < -0.4 is 10.9 Å². The van der Waals surface area contributed by atoms with Crippen molar-refractivity contribution in [3.8, 4) is 0 Å². The van der Waals surface area contributed by atoms with Crippen molar-refractivity contribution in [2.75, 3.05) is 11.9 Å². The molecule has 2 N–H and O–H groups in total. The number of aromatic amines is 1. The van der Waals surface area contributed by atoms with Gasteiger partial charge in [0.05, 0.1) is 11.9 Å². The molecule has 0 fully saturated rings. The predicted molar refractivity (Wildman–Crippen MR) is 55.9 cm³/mol. The molecule has 0 unspecified atom stereocenters. The second kappa shape index (κ2) is 4.41. The largest absolute Gasteiger partial charge is 0.382 e. The number of aromatic nitrogens is 2. The summed E-state index contributed by atoms with van der Waals surface area (Å²) in [6, 6.07) is 0. The smallest absolute Gasteiger partial charge is 0.280 e. The molecule has 0 amide bonds. The number of halogens is 1. The summed E-state index contributed by atoms with van der Waals surface area (Å²) >= 11 is 3.18. The first kappa shape index (κ1) is 10.2. The minimum atomic E-state index is -0.214. The van der Waals surface area contributed by atoms with Crippen molar-refractivity contribution in [1.29, 1.82) is 0 Å². The standard InChI is InChI=1S/C8H12BrN3O/c1-5(2)3-10-6-4-11-12-8(13)7(6)9/h4-5H,3H2,1-2H3,(H2,10,12,13). The summed E-state index contributed by atoms with van der Waals surface area (Å²) in [5.41, 5.74) is 0.520. The molecule has 0 aromatic carbocycles. The SMILES string of the molecule is CC(C)CNc1cn[nH]c(=O)c1Br. The summed E-state index contributed by atoms with van der Waals surface area (Å²) in [5.74, 6) is 0.534. The van der Waals surface area contributed by atoms with Gasteiger partial charge in [-0.15, -0.1) is 0 Å². The summed E-state index contributed by atoms with van der Waals surface area (Å²) in [4.78, 5) is 11.1. The van der Waals surface area contributed by atoms with E-state index in [-0.39, 0.29) is 5.56 Å². The lowest BCUT2D eigenvalue weighted by atomic mass is 10.2. The molecule has 72 valence electrons. The zero-order chi connectivity index (χ0) is 9.84. The Balaban J connectivity index is 2.77. The van der Waals surface area contributed by atoms with Crippen LogP contribution in [0.25, 0.3) is 0 Å². The second-order valence-electron chi connectivity index (χ2n) is 3.20. The molecule has 0 aliphatic carbocycles. The summed E-state index contributed by atoms with van der Waals surface area (Å²) in [7, 11) is 0. The molecular weight excluding hydrogens is 234 g/mol. The van der Waals surface area contributed by atoms with E-state index in [2.05, 4.69) is 45.3 Å². The van der Waals surface area contributed by atoms with Crippen molar-refractivity contribution >= 4 is 21.6 Å². The maximum Gasteiger partial charge on any atom is 0.280 e. The van der Waals surface area contributed by atoms with E-state index in [0.29, 0.717) is 10.4 Å². The van der Waals surface area contributed by atoms with Crippen LogP contribution in [-0.2, 0) is 0 Å². The van der Waals surface area contributed by atoms with Crippen LogP contribution in [0.1, 0.15) is 13.8 Å². The number of H-pyrrole nitrogens is 1. The average Bonchev–Trinajstić information content (AvgIpc) is 2.07. The lowest BCUT2D eigenvalue weighted by Gasteiger charge is -2.08. The summed E-state index contributed by atoms with van der Waals surface area (Å²) in [6.45, 7) is 5.02. The molecule has 0 saturated carbocycles. The van der Waals surface area contributed by atoms with E-state index in [9.17, 15) is 4.79 Å². The Hall–Kier alpha value is -0.840. The van der Waals surface area contributed by atoms with E-state index in [1.807, 2.05) is 0 Å². The fourth-order valence-electron chi connectivity index (χ4n) is 0.821. The number of hydrogen-bond donors (Lipinski definition) is 2. The van der Waals surface area contributed by atoms with E-state index in [0.717, 1.165) is 12.2 Å². The van der Waals surface area contributed by atoms with Crippen molar-refractivity contribution in [3.63, 3.8) is 0 Å². The monoisotopic (exact) mass is 245 g/mol. The van der Waals surface area contributed by atoms with Crippen molar-refractivity contribution < 1.29 is 0 Å². The highest BCUT2D eigenvalue weighted by Crippen LogP contribution is 2.15. The molecule has 1 rings (SSSR count). The van der Waals surface area contributed by atoms with E-state index < -0.39 is 0 Å². The number of anilines is 1. The molecule has 1 heterocycles. The van der Waals surface area contributed by atoms with Gasteiger partial charge < -0.3 is 5.32 Å². The Morgan fingerprint density at radius 1 is 1.69 bits per heavy atom. The Bertz CT molecular complexity index is 334. The normalized spacial score (nSPS) is 10.5. The Morgan fingerprint density at radius 2 is 2.38 bits per heavy atom. The Kier molecular flexibility index (Phi) is 3.48. The van der Waals surface area contributed by atoms with Crippen molar-refractivity contribution in [2.45, 2.75) is 13.8 Å². The van der Waals surface area contributed by atoms with Gasteiger partial charge in [-0.3, -0.25) is 4.79 Å². The van der Waals surface area contributed by atoms with Gasteiger partial charge in [0.15, 0.2) is 0 Å². The van der Waals surface area contributed by atoms with Crippen LogP contribution in [0, 0.1) is 5.92 Å². The quantitative estimate of drug-likeness (QED) is 0.851. The van der Waals surface area contributed by atoms with Gasteiger partial charge in [-0.05, 0) is 21.8 Å². The van der Waals surface area contributed by atoms with Gasteiger partial charge in [0.2, 0.25) is 0 Å². The van der Waals surface area contributed by atoms with Crippen LogP contribution in [0.15, 0.2) is 15.5 Å². The zero-order valence-electron chi connectivity index (χ0n) is 7.60. The minimum absolute atomic E-state index is 0.214. The van der Waals surface area contributed by atoms with Gasteiger partial charge in [0.25, 0.3) is 5.56 Å². The summed E-state index contributed by atoms with van der Waals surface area (Å²) < 4.78 is 0.503. The van der Waals surface area contributed by atoms with E-state index in [1.54, 1.807) is 6.20 Å². The predicted octanol–water partition coefficient (Wildman–Crippen LogP) is 1.60. The molecule has 0 bridgehead atoms. The van der Waals surface area contributed by atoms with Gasteiger partial charge in [-0.1, -0.05) is 13.8 Å². The van der Waals surface area contributed by atoms with E-state index in [4.69, 9.17) is 0 Å². The highest BCUT2D eigenvalue weighted by Gasteiger charge is 2.03. The van der Waals surface area contributed by atoms with E-state index >= 15 is 0 Å². The molecule has 0 aliphatic heterocycles. The third kappa shape index (κ3) is 2.84. The lowest BCUT2D eigenvalue weighted by Crippen LogP contribution is -2.14. The molecule has 1 aromatic rings. The van der Waals surface area contributed by atoms with Crippen molar-refractivity contribution in [1.82, 2.24) is 10.2 Å². The molecule has 4 nitrogen and oxygen atoms in total. The van der Waals surface area contributed by atoms with E-state index in [1.165, 1.54) is 0 Å². The van der Waals surface area contributed by atoms with Crippen molar-refractivity contribution in [2.24, 2.45) is 5.92 Å². The van der Waals surface area contributed by atoms with Gasteiger partial charge >= 0.3 is 0 Å². The number of rotatable bonds is 3. The minimum Gasteiger partial charge on any atom is -0.382 e. The zero-order valence-corrected chi connectivity index (χ0v) is 9.18. The number of hydrogen-bond acceptors (Lipinski definition) is 3. The number of nitrogens with zero attached hydrogens (tertiary/aromatic N) is 1. The third-order valence-corrected chi connectivity index (χ3v) is 2.28. The van der Waals surface area contributed by atoms with Crippen LogP contribution >= 0.6 is 15.9 Å². The second-order valence-corrected chi connectivity index (χ2v) is 3.99. The Morgan fingerprint density at radius 3 is 3.00 bits per heavy atom. The third-order valence-electron chi connectivity index (χ3n) is 1.50. The molecule has 0 radical (unpaired) electrons. The topological polar surface area (TPSA) is 57.8 Å². The van der Waals surface area contributed by atoms with Gasteiger partial charge in [0.1, 0.15) is 4.47 Å². The molecule has 0 spiro atoms. The lowest BCUT2D eigenvalue weighted by molar-refractivity contribution is 0.688. The maximum absolute atomic E-state index is 11.1. The molecule has 0 saturated heterocycles. The van der Waals surface area contributed by atoms with Gasteiger partial charge in [-0.25, -0.2) is 5.10 Å². The van der Waals surface area contributed by atoms with Crippen LogP contribution in [0.4, 0.5) is 5.69 Å². The average molecular weight is 246 g/mol. The fraction of sp³-hybridized carbons (Fsp3) is 0.500. The Labute approximate surface area is 84.9 Å².